The van der Waals surface area contributed by atoms with Gasteiger partial charge in [0.2, 0.25) is 6.10 Å². The molecule has 0 saturated carbocycles. The minimum absolute atomic E-state index is 0.0703. The average Bonchev–Trinajstić information content (AvgIpc) is 3.33. The Bertz CT molecular complexity index is 1510. The molecule has 208 valence electrons. The Hall–Kier alpha value is -5.39. The van der Waals surface area contributed by atoms with E-state index in [9.17, 15) is 45.0 Å². The third-order valence-corrected chi connectivity index (χ3v) is 6.24. The lowest BCUT2D eigenvalue weighted by atomic mass is 9.87. The lowest BCUT2D eigenvalue weighted by Crippen LogP contribution is -2.28. The molecule has 40 heavy (non-hydrogen) atoms. The molecule has 0 saturated heterocycles. The maximum atomic E-state index is 12.8. The van der Waals surface area contributed by atoms with E-state index >= 15 is 0 Å². The van der Waals surface area contributed by atoms with E-state index in [1.54, 1.807) is 0 Å². The Labute approximate surface area is 226 Å². The molecule has 0 spiro atoms. The number of ether oxygens (including phenoxy) is 3. The van der Waals surface area contributed by atoms with Gasteiger partial charge in [0, 0.05) is 18.1 Å². The van der Waals surface area contributed by atoms with Gasteiger partial charge in [-0.3, -0.25) is 4.79 Å². The van der Waals surface area contributed by atoms with Gasteiger partial charge in [-0.1, -0.05) is 18.2 Å². The van der Waals surface area contributed by atoms with Crippen LogP contribution in [0.2, 0.25) is 0 Å². The number of carbonyl (C=O) groups is 3. The van der Waals surface area contributed by atoms with Gasteiger partial charge in [-0.2, -0.15) is 0 Å². The van der Waals surface area contributed by atoms with Crippen molar-refractivity contribution in [2.45, 2.75) is 24.5 Å². The summed E-state index contributed by atoms with van der Waals surface area (Å²) in [6.07, 6.45) is -0.798. The minimum atomic E-state index is -1.62. The molecule has 0 unspecified atom stereocenters. The number of aliphatic carboxylic acids is 1. The number of carbonyl (C=O) groups excluding carboxylic acids is 2. The highest BCUT2D eigenvalue weighted by Crippen LogP contribution is 2.52. The predicted octanol–water partition coefficient (Wildman–Crippen LogP) is 2.86. The molecule has 3 atom stereocenters. The van der Waals surface area contributed by atoms with Gasteiger partial charge in [0.15, 0.2) is 34.5 Å². The fourth-order valence-electron chi connectivity index (χ4n) is 4.31. The Kier molecular flexibility index (Phi) is 7.71. The number of hydrogen-bond acceptors (Lipinski definition) is 11. The second kappa shape index (κ2) is 11.2. The Morgan fingerprint density at radius 1 is 0.900 bits per heavy atom. The predicted molar refractivity (Wildman–Crippen MR) is 136 cm³/mol. The molecule has 1 aliphatic rings. The molecule has 12 nitrogen and oxygen atoms in total. The lowest BCUT2D eigenvalue weighted by Gasteiger charge is -2.18. The molecule has 12 heteroatoms. The van der Waals surface area contributed by atoms with E-state index in [4.69, 9.17) is 14.2 Å². The summed E-state index contributed by atoms with van der Waals surface area (Å²) >= 11 is 0. The zero-order chi connectivity index (χ0) is 29.1. The monoisotopic (exact) mass is 552 g/mol. The lowest BCUT2D eigenvalue weighted by molar-refractivity contribution is -0.160. The molecule has 3 aromatic rings. The molecule has 4 rings (SSSR count). The number of phenolic OH excluding ortho intramolecular Hbond substituents is 5. The van der Waals surface area contributed by atoms with Gasteiger partial charge in [0.05, 0.1) is 7.11 Å². The molecule has 6 N–H and O–H groups in total. The summed E-state index contributed by atoms with van der Waals surface area (Å²) in [6, 6.07) is 10.2. The summed E-state index contributed by atoms with van der Waals surface area (Å²) in [6.45, 7) is 0. The van der Waals surface area contributed by atoms with Gasteiger partial charge >= 0.3 is 17.9 Å². The number of methoxy groups -OCH3 is 1. The third-order valence-electron chi connectivity index (χ3n) is 6.24. The highest BCUT2D eigenvalue weighted by molar-refractivity contribution is 5.91. The highest BCUT2D eigenvalue weighted by atomic mass is 16.6. The second-order valence-electron chi connectivity index (χ2n) is 8.83. The summed E-state index contributed by atoms with van der Waals surface area (Å²) in [5, 5.41) is 58.6. The van der Waals surface area contributed by atoms with Crippen molar-refractivity contribution in [1.82, 2.24) is 0 Å². The standard InChI is InChI=1S/C28H24O12/c1-38-28(37)24-23-14(3-8-18(31)26(23)40-25(24)15-4-7-17(30)20(33)12-15)5-9-22(34)39-21(27(35)36)11-13-2-6-16(29)19(32)10-13/h2-10,12,21,24-25,29-33H,11H2,1H3,(H,35,36)/b9-5+/t21-,24-,25-/m1/s1. The number of fused-ring (bicyclic) bond motifs is 1. The van der Waals surface area contributed by atoms with Crippen molar-refractivity contribution in [2.75, 3.05) is 7.11 Å². The van der Waals surface area contributed by atoms with Crippen LogP contribution in [0.25, 0.3) is 6.08 Å². The number of hydrogen-bond donors (Lipinski definition) is 6. The van der Waals surface area contributed by atoms with Crippen LogP contribution in [0.3, 0.4) is 0 Å². The van der Waals surface area contributed by atoms with Crippen LogP contribution in [0.5, 0.6) is 34.5 Å². The van der Waals surface area contributed by atoms with Crippen molar-refractivity contribution >= 4 is 24.0 Å². The summed E-state index contributed by atoms with van der Waals surface area (Å²) in [5.74, 6) is -6.46. The van der Waals surface area contributed by atoms with Gasteiger partial charge in [-0.05, 0) is 53.1 Å². The summed E-state index contributed by atoms with van der Waals surface area (Å²) < 4.78 is 15.9. The fraction of sp³-hybridized carbons (Fsp3) is 0.179. The van der Waals surface area contributed by atoms with E-state index in [2.05, 4.69) is 0 Å². The molecule has 0 bridgehead atoms. The van der Waals surface area contributed by atoms with Crippen molar-refractivity contribution in [3.63, 3.8) is 0 Å². The average molecular weight is 552 g/mol. The summed E-state index contributed by atoms with van der Waals surface area (Å²) in [4.78, 5) is 37.1. The van der Waals surface area contributed by atoms with Crippen LogP contribution < -0.4 is 4.74 Å². The molecular formula is C28H24O12. The van der Waals surface area contributed by atoms with Crippen LogP contribution in [-0.4, -0.2) is 61.8 Å². The van der Waals surface area contributed by atoms with E-state index in [1.807, 2.05) is 0 Å². The van der Waals surface area contributed by atoms with Crippen LogP contribution >= 0.6 is 0 Å². The summed E-state index contributed by atoms with van der Waals surface area (Å²) in [5.41, 5.74) is 1.00. The minimum Gasteiger partial charge on any atom is -0.504 e. The molecular weight excluding hydrogens is 528 g/mol. The molecule has 0 aliphatic carbocycles. The number of rotatable bonds is 8. The first-order chi connectivity index (χ1) is 19.0. The Morgan fingerprint density at radius 3 is 2.17 bits per heavy atom. The van der Waals surface area contributed by atoms with Crippen LogP contribution in [-0.2, 0) is 30.3 Å². The van der Waals surface area contributed by atoms with E-state index < -0.39 is 53.3 Å². The molecule has 3 aromatic carbocycles. The molecule has 0 radical (unpaired) electrons. The van der Waals surface area contributed by atoms with E-state index in [-0.39, 0.29) is 34.8 Å². The quantitative estimate of drug-likeness (QED) is 0.136. The Morgan fingerprint density at radius 2 is 1.55 bits per heavy atom. The molecule has 1 heterocycles. The third kappa shape index (κ3) is 5.55. The SMILES string of the molecule is COC(=O)[C@@H]1c2c(/C=C/C(=O)O[C@H](Cc3ccc(O)c(O)c3)C(=O)O)ccc(O)c2O[C@@H]1c1ccc(O)c(O)c1. The molecule has 1 aliphatic heterocycles. The second-order valence-corrected chi connectivity index (χ2v) is 8.83. The van der Waals surface area contributed by atoms with E-state index in [1.165, 1.54) is 48.5 Å². The largest absolute Gasteiger partial charge is 0.504 e. The van der Waals surface area contributed by atoms with Gasteiger partial charge < -0.3 is 44.8 Å². The number of carboxylic acids is 1. The van der Waals surface area contributed by atoms with E-state index in [0.717, 1.165) is 19.3 Å². The normalized spacial score (nSPS) is 16.6. The van der Waals surface area contributed by atoms with Gasteiger partial charge in [-0.25, -0.2) is 9.59 Å². The Balaban J connectivity index is 1.61. The van der Waals surface area contributed by atoms with Crippen molar-refractivity contribution in [3.05, 3.63) is 76.9 Å². The first-order valence-electron chi connectivity index (χ1n) is 11.7. The molecule has 0 amide bonds. The van der Waals surface area contributed by atoms with Crippen molar-refractivity contribution in [3.8, 4) is 34.5 Å². The zero-order valence-electron chi connectivity index (χ0n) is 20.8. The van der Waals surface area contributed by atoms with Gasteiger partial charge in [0.1, 0.15) is 12.0 Å². The number of carboxylic acid groups (broad SMARTS) is 1. The van der Waals surface area contributed by atoms with Crippen LogP contribution in [0.1, 0.15) is 34.3 Å². The van der Waals surface area contributed by atoms with E-state index in [0.29, 0.717) is 11.1 Å². The maximum absolute atomic E-state index is 12.8. The number of benzene rings is 3. The first-order valence-corrected chi connectivity index (χ1v) is 11.7. The van der Waals surface area contributed by atoms with Gasteiger partial charge in [0.25, 0.3) is 0 Å². The van der Waals surface area contributed by atoms with Crippen LogP contribution in [0.15, 0.2) is 54.6 Å². The first kappa shape index (κ1) is 27.6. The topological polar surface area (TPSA) is 200 Å². The molecule has 0 aromatic heterocycles. The van der Waals surface area contributed by atoms with Gasteiger partial charge in [-0.15, -0.1) is 0 Å². The number of esters is 2. The fourth-order valence-corrected chi connectivity index (χ4v) is 4.31. The highest BCUT2D eigenvalue weighted by Gasteiger charge is 2.44. The summed E-state index contributed by atoms with van der Waals surface area (Å²) in [7, 11) is 1.15. The smallest absolute Gasteiger partial charge is 0.345 e. The number of aromatic hydroxyl groups is 5. The van der Waals surface area contributed by atoms with Crippen LogP contribution in [0.4, 0.5) is 0 Å². The van der Waals surface area contributed by atoms with Crippen molar-refractivity contribution in [1.29, 1.82) is 0 Å². The van der Waals surface area contributed by atoms with Crippen molar-refractivity contribution in [2.24, 2.45) is 0 Å². The van der Waals surface area contributed by atoms with Crippen molar-refractivity contribution < 1.29 is 59.2 Å². The maximum Gasteiger partial charge on any atom is 0.345 e. The van der Waals surface area contributed by atoms with Crippen LogP contribution in [0, 0.1) is 0 Å². The molecule has 0 fully saturated rings. The zero-order valence-corrected chi connectivity index (χ0v) is 20.8. The number of phenols is 5.